The quantitative estimate of drug-likeness (QED) is 0.647. The van der Waals surface area contributed by atoms with Crippen LogP contribution in [-0.2, 0) is 6.54 Å². The second-order valence-electron chi connectivity index (χ2n) is 6.95. The molecule has 0 saturated heterocycles. The highest BCUT2D eigenvalue weighted by Gasteiger charge is 2.21. The van der Waals surface area contributed by atoms with Crippen molar-refractivity contribution in [2.45, 2.75) is 33.4 Å². The van der Waals surface area contributed by atoms with Gasteiger partial charge >= 0.3 is 0 Å². The third kappa shape index (κ3) is 5.13. The SMILES string of the molecule is Cc1nc(Nc2ccc(F)cc2F)cc(C(=O)N(Cc2ccccc2)C(C)C)n1. The Morgan fingerprint density at radius 2 is 1.79 bits per heavy atom. The molecule has 0 spiro atoms. The number of nitrogens with zero attached hydrogens (tertiary/aromatic N) is 3. The molecular formula is C22H22F2N4O. The Labute approximate surface area is 168 Å². The van der Waals surface area contributed by atoms with Crippen molar-refractivity contribution in [3.05, 3.63) is 83.3 Å². The number of hydrogen-bond acceptors (Lipinski definition) is 4. The first kappa shape index (κ1) is 20.4. The van der Waals surface area contributed by atoms with Crippen LogP contribution >= 0.6 is 0 Å². The van der Waals surface area contributed by atoms with Gasteiger partial charge in [-0.1, -0.05) is 30.3 Å². The lowest BCUT2D eigenvalue weighted by atomic mass is 10.1. The molecule has 3 aromatic rings. The number of hydrogen-bond donors (Lipinski definition) is 1. The Hall–Kier alpha value is -3.35. The highest BCUT2D eigenvalue weighted by atomic mass is 19.1. The zero-order chi connectivity index (χ0) is 21.0. The van der Waals surface area contributed by atoms with Gasteiger partial charge in [0.25, 0.3) is 5.91 Å². The molecule has 0 radical (unpaired) electrons. The maximum Gasteiger partial charge on any atom is 0.273 e. The number of amides is 1. The van der Waals surface area contributed by atoms with Crippen LogP contribution in [0.1, 0.15) is 35.7 Å². The molecule has 0 aliphatic rings. The van der Waals surface area contributed by atoms with Crippen molar-refractivity contribution in [2.75, 3.05) is 5.32 Å². The molecule has 0 aliphatic heterocycles. The summed E-state index contributed by atoms with van der Waals surface area (Å²) in [5.41, 5.74) is 1.27. The van der Waals surface area contributed by atoms with Crippen molar-refractivity contribution in [3.63, 3.8) is 0 Å². The van der Waals surface area contributed by atoms with Gasteiger partial charge in [-0.15, -0.1) is 0 Å². The smallest absolute Gasteiger partial charge is 0.273 e. The number of nitrogens with one attached hydrogen (secondary N) is 1. The van der Waals surface area contributed by atoms with E-state index >= 15 is 0 Å². The standard InChI is InChI=1S/C22H22F2N4O/c1-14(2)28(13-16-7-5-4-6-8-16)22(29)20-12-21(26-15(3)25-20)27-19-10-9-17(23)11-18(19)24/h4-12,14H,13H2,1-3H3,(H,25,26,27). The molecule has 2 aromatic carbocycles. The molecule has 3 rings (SSSR count). The minimum atomic E-state index is -0.748. The van der Waals surface area contributed by atoms with E-state index in [1.165, 1.54) is 12.1 Å². The van der Waals surface area contributed by atoms with Gasteiger partial charge in [-0.2, -0.15) is 0 Å². The van der Waals surface area contributed by atoms with Crippen LogP contribution in [0.3, 0.4) is 0 Å². The van der Waals surface area contributed by atoms with Gasteiger partial charge in [-0.25, -0.2) is 18.7 Å². The minimum Gasteiger partial charge on any atom is -0.338 e. The summed E-state index contributed by atoms with van der Waals surface area (Å²) in [6.07, 6.45) is 0. The normalized spacial score (nSPS) is 10.8. The van der Waals surface area contributed by atoms with Gasteiger partial charge < -0.3 is 10.2 Å². The van der Waals surface area contributed by atoms with E-state index in [-0.39, 0.29) is 29.1 Å². The fraction of sp³-hybridized carbons (Fsp3) is 0.227. The second kappa shape index (κ2) is 8.77. The van der Waals surface area contributed by atoms with E-state index in [2.05, 4.69) is 15.3 Å². The third-order valence-corrected chi connectivity index (χ3v) is 4.33. The predicted molar refractivity (Wildman–Crippen MR) is 108 cm³/mol. The van der Waals surface area contributed by atoms with Gasteiger partial charge in [0.2, 0.25) is 0 Å². The second-order valence-corrected chi connectivity index (χ2v) is 6.95. The van der Waals surface area contributed by atoms with Gasteiger partial charge in [0.05, 0.1) is 5.69 Å². The Morgan fingerprint density at radius 1 is 1.07 bits per heavy atom. The summed E-state index contributed by atoms with van der Waals surface area (Å²) < 4.78 is 27.1. The molecule has 0 fully saturated rings. The van der Waals surface area contributed by atoms with Crippen LogP contribution in [0, 0.1) is 18.6 Å². The Morgan fingerprint density at radius 3 is 2.45 bits per heavy atom. The Kier molecular flexibility index (Phi) is 6.16. The lowest BCUT2D eigenvalue weighted by Crippen LogP contribution is -2.37. The molecule has 0 unspecified atom stereocenters. The van der Waals surface area contributed by atoms with E-state index in [0.29, 0.717) is 12.4 Å². The van der Waals surface area contributed by atoms with E-state index in [9.17, 15) is 13.6 Å². The predicted octanol–water partition coefficient (Wildman–Crippen LogP) is 4.86. The zero-order valence-electron chi connectivity index (χ0n) is 16.5. The van der Waals surface area contributed by atoms with E-state index < -0.39 is 11.6 Å². The largest absolute Gasteiger partial charge is 0.338 e. The maximum atomic E-state index is 14.0. The van der Waals surface area contributed by atoms with Crippen LogP contribution < -0.4 is 5.32 Å². The van der Waals surface area contributed by atoms with E-state index in [1.807, 2.05) is 44.2 Å². The van der Waals surface area contributed by atoms with Crippen LogP contribution in [-0.4, -0.2) is 26.8 Å². The van der Waals surface area contributed by atoms with Crippen molar-refractivity contribution in [1.82, 2.24) is 14.9 Å². The van der Waals surface area contributed by atoms with E-state index in [4.69, 9.17) is 0 Å². The number of rotatable bonds is 6. The van der Waals surface area contributed by atoms with Gasteiger partial charge in [0.15, 0.2) is 0 Å². The first-order chi connectivity index (χ1) is 13.8. The van der Waals surface area contributed by atoms with Gasteiger partial charge in [-0.05, 0) is 38.5 Å². The highest BCUT2D eigenvalue weighted by Crippen LogP contribution is 2.21. The summed E-state index contributed by atoms with van der Waals surface area (Å²) in [7, 11) is 0. The maximum absolute atomic E-state index is 14.0. The molecule has 29 heavy (non-hydrogen) atoms. The molecule has 7 heteroatoms. The van der Waals surface area contributed by atoms with Crippen LogP contribution in [0.15, 0.2) is 54.6 Å². The lowest BCUT2D eigenvalue weighted by Gasteiger charge is -2.27. The van der Waals surface area contributed by atoms with Crippen LogP contribution in [0.5, 0.6) is 0 Å². The van der Waals surface area contributed by atoms with Crippen molar-refractivity contribution in [3.8, 4) is 0 Å². The number of carbonyl (C=O) groups excluding carboxylic acids is 1. The van der Waals surface area contributed by atoms with Crippen molar-refractivity contribution in [2.24, 2.45) is 0 Å². The number of halogens is 2. The molecule has 0 bridgehead atoms. The molecule has 1 N–H and O–H groups in total. The zero-order valence-corrected chi connectivity index (χ0v) is 16.5. The molecule has 0 atom stereocenters. The molecule has 1 heterocycles. The summed E-state index contributed by atoms with van der Waals surface area (Å²) in [5, 5.41) is 2.79. The summed E-state index contributed by atoms with van der Waals surface area (Å²) >= 11 is 0. The number of carbonyl (C=O) groups is 1. The highest BCUT2D eigenvalue weighted by molar-refractivity contribution is 5.93. The molecular weight excluding hydrogens is 374 g/mol. The number of aromatic nitrogens is 2. The number of aryl methyl sites for hydroxylation is 1. The van der Waals surface area contributed by atoms with Crippen LogP contribution in [0.25, 0.3) is 0 Å². The van der Waals surface area contributed by atoms with Crippen LogP contribution in [0.4, 0.5) is 20.3 Å². The minimum absolute atomic E-state index is 0.0519. The number of benzene rings is 2. The summed E-state index contributed by atoms with van der Waals surface area (Å²) in [5.74, 6) is -1.05. The first-order valence-corrected chi connectivity index (χ1v) is 9.26. The summed E-state index contributed by atoms with van der Waals surface area (Å²) in [6, 6.07) is 14.3. The van der Waals surface area contributed by atoms with Gasteiger partial charge in [-0.3, -0.25) is 4.79 Å². The molecule has 5 nitrogen and oxygen atoms in total. The summed E-state index contributed by atoms with van der Waals surface area (Å²) in [6.45, 7) is 5.96. The fourth-order valence-electron chi connectivity index (χ4n) is 2.89. The molecule has 150 valence electrons. The molecule has 0 aliphatic carbocycles. The number of anilines is 2. The molecule has 0 saturated carbocycles. The van der Waals surface area contributed by atoms with E-state index in [0.717, 1.165) is 17.7 Å². The fourth-order valence-corrected chi connectivity index (χ4v) is 2.89. The first-order valence-electron chi connectivity index (χ1n) is 9.26. The average molecular weight is 396 g/mol. The Balaban J connectivity index is 1.87. The Bertz CT molecular complexity index is 1010. The van der Waals surface area contributed by atoms with Crippen molar-refractivity contribution >= 4 is 17.4 Å². The van der Waals surface area contributed by atoms with Crippen LogP contribution in [0.2, 0.25) is 0 Å². The van der Waals surface area contributed by atoms with Crippen molar-refractivity contribution < 1.29 is 13.6 Å². The third-order valence-electron chi connectivity index (χ3n) is 4.33. The van der Waals surface area contributed by atoms with Gasteiger partial charge in [0.1, 0.15) is 29.0 Å². The van der Waals surface area contributed by atoms with Crippen molar-refractivity contribution in [1.29, 1.82) is 0 Å². The monoisotopic (exact) mass is 396 g/mol. The summed E-state index contributed by atoms with van der Waals surface area (Å²) in [4.78, 5) is 23.3. The van der Waals surface area contributed by atoms with E-state index in [1.54, 1.807) is 11.8 Å². The molecule has 1 amide bonds. The topological polar surface area (TPSA) is 58.1 Å². The molecule has 1 aromatic heterocycles. The average Bonchev–Trinajstić information content (AvgIpc) is 2.68. The van der Waals surface area contributed by atoms with Gasteiger partial charge in [0, 0.05) is 24.7 Å². The lowest BCUT2D eigenvalue weighted by molar-refractivity contribution is 0.0684.